The third-order valence-corrected chi connectivity index (χ3v) is 3.84. The van der Waals surface area contributed by atoms with Gasteiger partial charge in [0.15, 0.2) is 11.5 Å². The van der Waals surface area contributed by atoms with Crippen LogP contribution in [0.2, 0.25) is 0 Å². The fraction of sp³-hybridized carbons (Fsp3) is 0.211. The molecular weight excluding hydrogens is 353 g/mol. The van der Waals surface area contributed by atoms with Gasteiger partial charge < -0.3 is 14.8 Å². The van der Waals surface area contributed by atoms with E-state index in [1.54, 1.807) is 31.2 Å². The molecule has 0 radical (unpaired) electrons. The van der Waals surface area contributed by atoms with Crippen LogP contribution in [0, 0.1) is 5.82 Å². The molecule has 7 nitrogen and oxygen atoms in total. The normalized spacial score (nSPS) is 13.0. The predicted octanol–water partition coefficient (Wildman–Crippen LogP) is 1.87. The van der Waals surface area contributed by atoms with Crippen molar-refractivity contribution in [2.24, 2.45) is 5.10 Å². The number of nitrogens with one attached hydrogen (secondary N) is 2. The van der Waals surface area contributed by atoms with Crippen LogP contribution in [-0.2, 0) is 4.79 Å². The first-order chi connectivity index (χ1) is 13.0. The first kappa shape index (κ1) is 18.4. The van der Waals surface area contributed by atoms with Crippen molar-refractivity contribution in [3.05, 3.63) is 59.4 Å². The van der Waals surface area contributed by atoms with Crippen molar-refractivity contribution >= 4 is 17.5 Å². The number of amides is 2. The molecule has 0 saturated heterocycles. The highest BCUT2D eigenvalue weighted by Crippen LogP contribution is 2.30. The molecule has 2 aromatic rings. The Morgan fingerprint density at radius 1 is 1.11 bits per heavy atom. The lowest BCUT2D eigenvalue weighted by atomic mass is 10.1. The predicted molar refractivity (Wildman–Crippen MR) is 96.5 cm³/mol. The van der Waals surface area contributed by atoms with Crippen LogP contribution < -0.4 is 20.2 Å². The lowest BCUT2D eigenvalue weighted by Crippen LogP contribution is -2.35. The van der Waals surface area contributed by atoms with E-state index in [1.807, 2.05) is 0 Å². The molecule has 1 heterocycles. The molecule has 0 aliphatic carbocycles. The van der Waals surface area contributed by atoms with Crippen LogP contribution in [0.1, 0.15) is 22.8 Å². The summed E-state index contributed by atoms with van der Waals surface area (Å²) < 4.78 is 24.5. The summed E-state index contributed by atoms with van der Waals surface area (Å²) in [5.74, 6) is -0.565. The molecule has 0 bridgehead atoms. The zero-order valence-electron chi connectivity index (χ0n) is 14.6. The lowest BCUT2D eigenvalue weighted by Gasteiger charge is -2.18. The van der Waals surface area contributed by atoms with Crippen molar-refractivity contribution in [1.29, 1.82) is 0 Å². The van der Waals surface area contributed by atoms with E-state index in [1.165, 1.54) is 18.2 Å². The minimum Gasteiger partial charge on any atom is -0.486 e. The Kier molecular flexibility index (Phi) is 5.65. The van der Waals surface area contributed by atoms with Gasteiger partial charge >= 0.3 is 0 Å². The van der Waals surface area contributed by atoms with Gasteiger partial charge in [0.2, 0.25) is 0 Å². The third-order valence-electron chi connectivity index (χ3n) is 3.84. The van der Waals surface area contributed by atoms with Crippen LogP contribution in [0.3, 0.4) is 0 Å². The maximum atomic E-state index is 13.5. The van der Waals surface area contributed by atoms with E-state index in [-0.39, 0.29) is 12.1 Å². The smallest absolute Gasteiger partial charge is 0.259 e. The number of halogens is 1. The number of hydrazone groups is 1. The van der Waals surface area contributed by atoms with Gasteiger partial charge in [0, 0.05) is 5.56 Å². The Hall–Kier alpha value is -3.42. The number of carbonyl (C=O) groups excluding carboxylic acids is 2. The van der Waals surface area contributed by atoms with Gasteiger partial charge in [0.1, 0.15) is 19.0 Å². The minimum absolute atomic E-state index is 0.124. The summed E-state index contributed by atoms with van der Waals surface area (Å²) in [6.45, 7) is 2.38. The van der Waals surface area contributed by atoms with Gasteiger partial charge in [-0.1, -0.05) is 12.1 Å². The average molecular weight is 371 g/mol. The number of fused-ring (bicyclic) bond motifs is 1. The van der Waals surface area contributed by atoms with Crippen molar-refractivity contribution in [2.45, 2.75) is 6.92 Å². The van der Waals surface area contributed by atoms with E-state index < -0.39 is 17.6 Å². The number of carbonyl (C=O) groups is 2. The third kappa shape index (κ3) is 4.60. The number of benzene rings is 2. The van der Waals surface area contributed by atoms with Gasteiger partial charge in [0.25, 0.3) is 11.8 Å². The van der Waals surface area contributed by atoms with E-state index in [2.05, 4.69) is 15.8 Å². The lowest BCUT2D eigenvalue weighted by molar-refractivity contribution is -0.120. The number of nitrogens with zero attached hydrogens (tertiary/aromatic N) is 1. The molecule has 27 heavy (non-hydrogen) atoms. The number of ether oxygens (including phenoxy) is 2. The van der Waals surface area contributed by atoms with Crippen LogP contribution in [0.5, 0.6) is 11.5 Å². The van der Waals surface area contributed by atoms with Gasteiger partial charge in [0.05, 0.1) is 17.8 Å². The summed E-state index contributed by atoms with van der Waals surface area (Å²) in [7, 11) is 0. The molecule has 0 aromatic heterocycles. The second-order valence-corrected chi connectivity index (χ2v) is 5.75. The Labute approximate surface area is 155 Å². The fourth-order valence-electron chi connectivity index (χ4n) is 2.42. The molecule has 1 aliphatic rings. The standard InChI is InChI=1S/C19H18FN3O4/c1-12(13-6-7-16-17(10-13)27-9-8-26-16)22-23-18(24)11-21-19(25)14-4-2-3-5-15(14)20/h2-7,10H,8-9,11H2,1H3,(H,21,25)(H,23,24)/b22-12-. The number of rotatable bonds is 5. The van der Waals surface area contributed by atoms with Crippen LogP contribution in [0.15, 0.2) is 47.6 Å². The largest absolute Gasteiger partial charge is 0.486 e. The monoisotopic (exact) mass is 371 g/mol. The van der Waals surface area contributed by atoms with Gasteiger partial charge in [-0.25, -0.2) is 9.82 Å². The highest BCUT2D eigenvalue weighted by atomic mass is 19.1. The Morgan fingerprint density at radius 3 is 2.63 bits per heavy atom. The zero-order valence-corrected chi connectivity index (χ0v) is 14.6. The van der Waals surface area contributed by atoms with Gasteiger partial charge in [-0.3, -0.25) is 9.59 Å². The van der Waals surface area contributed by atoms with Gasteiger partial charge in [-0.2, -0.15) is 5.10 Å². The molecule has 3 rings (SSSR count). The van der Waals surface area contributed by atoms with E-state index >= 15 is 0 Å². The molecule has 8 heteroatoms. The van der Waals surface area contributed by atoms with Crippen LogP contribution in [0.4, 0.5) is 4.39 Å². The highest BCUT2D eigenvalue weighted by molar-refractivity contribution is 6.00. The first-order valence-corrected chi connectivity index (χ1v) is 8.30. The maximum Gasteiger partial charge on any atom is 0.259 e. The van der Waals surface area contributed by atoms with Crippen molar-refractivity contribution < 1.29 is 23.5 Å². The average Bonchev–Trinajstić information content (AvgIpc) is 2.70. The molecule has 2 N–H and O–H groups in total. The molecule has 0 unspecified atom stereocenters. The molecule has 2 amide bonds. The zero-order chi connectivity index (χ0) is 19.2. The number of hydrogen-bond acceptors (Lipinski definition) is 5. The van der Waals surface area contributed by atoms with Crippen LogP contribution >= 0.6 is 0 Å². The molecule has 0 spiro atoms. The van der Waals surface area contributed by atoms with Gasteiger partial charge in [-0.05, 0) is 37.3 Å². The summed E-state index contributed by atoms with van der Waals surface area (Å²) in [6.07, 6.45) is 0. The van der Waals surface area contributed by atoms with Crippen LogP contribution in [0.25, 0.3) is 0 Å². The second-order valence-electron chi connectivity index (χ2n) is 5.75. The van der Waals surface area contributed by atoms with E-state index in [0.717, 1.165) is 5.56 Å². The summed E-state index contributed by atoms with van der Waals surface area (Å²) in [5, 5.41) is 6.35. The SMILES string of the molecule is C/C(=N/NC(=O)CNC(=O)c1ccccc1F)c1ccc2c(c1)OCCO2. The van der Waals surface area contributed by atoms with Crippen LogP contribution in [-0.4, -0.2) is 37.3 Å². The Bertz CT molecular complexity index is 898. The van der Waals surface area contributed by atoms with Crippen molar-refractivity contribution in [2.75, 3.05) is 19.8 Å². The van der Waals surface area contributed by atoms with Crippen molar-refractivity contribution in [3.63, 3.8) is 0 Å². The summed E-state index contributed by atoms with van der Waals surface area (Å²) in [6, 6.07) is 10.9. The molecule has 0 fully saturated rings. The molecule has 1 aliphatic heterocycles. The molecular formula is C19H18FN3O4. The minimum atomic E-state index is -0.671. The molecule has 0 atom stereocenters. The number of hydrogen-bond donors (Lipinski definition) is 2. The fourth-order valence-corrected chi connectivity index (χ4v) is 2.42. The van der Waals surface area contributed by atoms with Crippen molar-refractivity contribution in [1.82, 2.24) is 10.7 Å². The van der Waals surface area contributed by atoms with E-state index in [4.69, 9.17) is 9.47 Å². The maximum absolute atomic E-state index is 13.5. The van der Waals surface area contributed by atoms with Crippen molar-refractivity contribution in [3.8, 4) is 11.5 Å². The Morgan fingerprint density at radius 2 is 1.85 bits per heavy atom. The topological polar surface area (TPSA) is 89.0 Å². The second kappa shape index (κ2) is 8.31. The summed E-state index contributed by atoms with van der Waals surface area (Å²) in [5.41, 5.74) is 3.54. The molecule has 2 aromatic carbocycles. The summed E-state index contributed by atoms with van der Waals surface area (Å²) >= 11 is 0. The summed E-state index contributed by atoms with van der Waals surface area (Å²) in [4.78, 5) is 23.7. The quantitative estimate of drug-likeness (QED) is 0.620. The first-order valence-electron chi connectivity index (χ1n) is 8.30. The highest BCUT2D eigenvalue weighted by Gasteiger charge is 2.14. The van der Waals surface area contributed by atoms with E-state index in [9.17, 15) is 14.0 Å². The Balaban J connectivity index is 1.55. The van der Waals surface area contributed by atoms with Gasteiger partial charge in [-0.15, -0.1) is 0 Å². The molecule has 0 saturated carbocycles. The molecule has 140 valence electrons. The van der Waals surface area contributed by atoms with E-state index in [0.29, 0.717) is 30.4 Å².